The third-order valence-electron chi connectivity index (χ3n) is 0.398. The van der Waals surface area contributed by atoms with Gasteiger partial charge in [-0.1, -0.05) is 5.10 Å². The molecular formula is CClFN4. The van der Waals surface area contributed by atoms with Gasteiger partial charge in [0, 0.05) is 11.8 Å². The Morgan fingerprint density at radius 1 is 1.71 bits per heavy atom. The summed E-state index contributed by atoms with van der Waals surface area (Å²) in [7, 11) is 0. The van der Waals surface area contributed by atoms with Crippen molar-refractivity contribution in [2.75, 3.05) is 0 Å². The first-order chi connectivity index (χ1) is 3.30. The molecule has 0 aliphatic heterocycles. The van der Waals surface area contributed by atoms with E-state index in [0.717, 1.165) is 0 Å². The molecule has 0 aliphatic rings. The Hall–Kier alpha value is -0.710. The minimum absolute atomic E-state index is 0.417. The molecule has 1 heterocycles. The molecule has 38 valence electrons. The van der Waals surface area contributed by atoms with Gasteiger partial charge in [0.1, 0.15) is 0 Å². The molecule has 0 unspecified atom stereocenters. The monoisotopic (exact) mass is 122 g/mol. The van der Waals surface area contributed by atoms with Gasteiger partial charge in [-0.2, -0.15) is 4.39 Å². The quantitative estimate of drug-likeness (QED) is 0.479. The van der Waals surface area contributed by atoms with E-state index in [9.17, 15) is 4.39 Å². The van der Waals surface area contributed by atoms with Gasteiger partial charge in [0.25, 0.3) is 0 Å². The Bertz CT molecular complexity index is 144. The molecule has 0 radical (unpaired) electrons. The van der Waals surface area contributed by atoms with Crippen molar-refractivity contribution >= 4 is 11.8 Å². The molecule has 1 aromatic heterocycles. The Morgan fingerprint density at radius 2 is 2.43 bits per heavy atom. The Labute approximate surface area is 43.0 Å². The predicted octanol–water partition coefficient (Wildman–Crippen LogP) is -0.186. The zero-order valence-corrected chi connectivity index (χ0v) is 3.80. The van der Waals surface area contributed by atoms with Crippen LogP contribution in [0.1, 0.15) is 0 Å². The van der Waals surface area contributed by atoms with Crippen molar-refractivity contribution in [1.82, 2.24) is 19.7 Å². The average molecular weight is 122 g/mol. The van der Waals surface area contributed by atoms with Crippen molar-refractivity contribution in [3.05, 3.63) is 6.08 Å². The summed E-state index contributed by atoms with van der Waals surface area (Å²) in [6.45, 7) is 0. The van der Waals surface area contributed by atoms with E-state index in [1.165, 1.54) is 0 Å². The first-order valence-corrected chi connectivity index (χ1v) is 1.74. The van der Waals surface area contributed by atoms with Gasteiger partial charge in [-0.25, -0.2) is 0 Å². The molecule has 0 amide bonds. The van der Waals surface area contributed by atoms with Crippen molar-refractivity contribution in [1.29, 1.82) is 0 Å². The third-order valence-corrected chi connectivity index (χ3v) is 0.605. The van der Waals surface area contributed by atoms with E-state index in [1.54, 1.807) is 0 Å². The van der Waals surface area contributed by atoms with Gasteiger partial charge in [-0.05, 0) is 10.4 Å². The molecule has 0 saturated heterocycles. The lowest BCUT2D eigenvalue weighted by molar-refractivity contribution is 0.525. The largest absolute Gasteiger partial charge is 0.342 e. The van der Waals surface area contributed by atoms with Crippen LogP contribution in [0.25, 0.3) is 0 Å². The zero-order valence-electron chi connectivity index (χ0n) is 3.04. The van der Waals surface area contributed by atoms with Gasteiger partial charge in [0.05, 0.1) is 0 Å². The van der Waals surface area contributed by atoms with Crippen LogP contribution in [0.5, 0.6) is 0 Å². The molecule has 0 saturated carbocycles. The maximum absolute atomic E-state index is 11.7. The highest BCUT2D eigenvalue weighted by molar-refractivity contribution is 6.14. The number of hydrogen-bond donors (Lipinski definition) is 0. The predicted molar refractivity (Wildman–Crippen MR) is 19.0 cm³/mol. The number of rotatable bonds is 0. The van der Waals surface area contributed by atoms with E-state index in [1.807, 2.05) is 0 Å². The van der Waals surface area contributed by atoms with Crippen LogP contribution in [-0.2, 0) is 0 Å². The van der Waals surface area contributed by atoms with Crippen molar-refractivity contribution in [2.24, 2.45) is 0 Å². The molecule has 1 rings (SSSR count). The van der Waals surface area contributed by atoms with Crippen LogP contribution in [0, 0.1) is 6.08 Å². The topological polar surface area (TPSA) is 43.6 Å². The van der Waals surface area contributed by atoms with Crippen LogP contribution >= 0.6 is 11.8 Å². The molecule has 4 nitrogen and oxygen atoms in total. The molecule has 7 heavy (non-hydrogen) atoms. The fourth-order valence-corrected chi connectivity index (χ4v) is 0.230. The molecule has 0 fully saturated rings. The molecule has 0 aromatic carbocycles. The number of tetrazole rings is 1. The van der Waals surface area contributed by atoms with E-state index < -0.39 is 6.08 Å². The van der Waals surface area contributed by atoms with Crippen LogP contribution in [0.15, 0.2) is 0 Å². The number of aromatic nitrogens is 4. The van der Waals surface area contributed by atoms with Crippen LogP contribution in [0.3, 0.4) is 0 Å². The molecule has 6 heteroatoms. The summed E-state index contributed by atoms with van der Waals surface area (Å²) >= 11 is 4.93. The van der Waals surface area contributed by atoms with E-state index >= 15 is 0 Å². The van der Waals surface area contributed by atoms with Crippen LogP contribution in [0.4, 0.5) is 4.39 Å². The second-order valence-electron chi connectivity index (χ2n) is 0.808. The van der Waals surface area contributed by atoms with Crippen molar-refractivity contribution in [3.8, 4) is 0 Å². The van der Waals surface area contributed by atoms with Gasteiger partial charge in [-0.15, -0.1) is 4.20 Å². The lowest BCUT2D eigenvalue weighted by Gasteiger charge is -1.72. The van der Waals surface area contributed by atoms with E-state index in [-0.39, 0.29) is 0 Å². The second-order valence-corrected chi connectivity index (χ2v) is 1.13. The summed E-state index contributed by atoms with van der Waals surface area (Å²) in [6, 6.07) is 0. The maximum Gasteiger partial charge on any atom is 0.342 e. The fourth-order valence-electron chi connectivity index (χ4n) is 0.166. The van der Waals surface area contributed by atoms with Gasteiger partial charge in [0.2, 0.25) is 0 Å². The van der Waals surface area contributed by atoms with Gasteiger partial charge in [-0.3, -0.25) is 0 Å². The first-order valence-electron chi connectivity index (χ1n) is 1.41. The van der Waals surface area contributed by atoms with Crippen molar-refractivity contribution < 1.29 is 4.39 Å². The SMILES string of the molecule is Fc1nnnn1Cl. The highest BCUT2D eigenvalue weighted by Gasteiger charge is 1.96. The standard InChI is InChI=1S/CClFN4/c2-7-1(3)4-5-6-7. The molecule has 0 bridgehead atoms. The van der Waals surface area contributed by atoms with Crippen LogP contribution in [0.2, 0.25) is 0 Å². The fraction of sp³-hybridized carbons (Fsp3) is 0. The molecule has 0 aliphatic carbocycles. The number of halogens is 2. The zero-order chi connectivity index (χ0) is 5.28. The minimum atomic E-state index is -0.901. The normalized spacial score (nSPS) is 9.43. The minimum Gasteiger partial charge on any atom is -0.159 e. The van der Waals surface area contributed by atoms with Crippen molar-refractivity contribution in [3.63, 3.8) is 0 Å². The van der Waals surface area contributed by atoms with Crippen molar-refractivity contribution in [2.45, 2.75) is 0 Å². The highest BCUT2D eigenvalue weighted by Crippen LogP contribution is 1.86. The van der Waals surface area contributed by atoms with E-state index in [0.29, 0.717) is 4.20 Å². The first kappa shape index (κ1) is 4.45. The summed E-state index contributed by atoms with van der Waals surface area (Å²) in [5, 5.41) is 8.66. The van der Waals surface area contributed by atoms with E-state index in [4.69, 9.17) is 11.8 Å². The summed E-state index contributed by atoms with van der Waals surface area (Å²) in [6.07, 6.45) is -0.901. The van der Waals surface area contributed by atoms with Gasteiger partial charge >= 0.3 is 6.08 Å². The highest BCUT2D eigenvalue weighted by atomic mass is 35.5. The lowest BCUT2D eigenvalue weighted by atomic mass is 11.3. The van der Waals surface area contributed by atoms with E-state index in [2.05, 4.69) is 15.5 Å². The Kier molecular flexibility index (Phi) is 0.900. The summed E-state index contributed by atoms with van der Waals surface area (Å²) in [5.41, 5.74) is 0. The van der Waals surface area contributed by atoms with Gasteiger partial charge in [0.15, 0.2) is 0 Å². The number of nitrogens with zero attached hydrogens (tertiary/aromatic N) is 4. The Morgan fingerprint density at radius 3 is 2.57 bits per heavy atom. The molecule has 0 N–H and O–H groups in total. The third kappa shape index (κ3) is 0.663. The van der Waals surface area contributed by atoms with Crippen LogP contribution < -0.4 is 0 Å². The smallest absolute Gasteiger partial charge is 0.159 e. The number of hydrogen-bond acceptors (Lipinski definition) is 3. The maximum atomic E-state index is 11.7. The molecule has 0 atom stereocenters. The average Bonchev–Trinajstić information content (AvgIpc) is 1.91. The second kappa shape index (κ2) is 1.42. The summed E-state index contributed by atoms with van der Waals surface area (Å²) in [5.74, 6) is 0. The molecule has 0 spiro atoms. The van der Waals surface area contributed by atoms with Gasteiger partial charge < -0.3 is 0 Å². The Balaban J connectivity index is 3.12. The molecular weight excluding hydrogens is 122 g/mol. The lowest BCUT2D eigenvalue weighted by Crippen LogP contribution is -1.85. The van der Waals surface area contributed by atoms with Crippen LogP contribution in [-0.4, -0.2) is 19.7 Å². The summed E-state index contributed by atoms with van der Waals surface area (Å²) < 4.78 is 12.1. The summed E-state index contributed by atoms with van der Waals surface area (Å²) in [4.78, 5) is 0. The molecule has 1 aromatic rings.